The van der Waals surface area contributed by atoms with Gasteiger partial charge in [-0.05, 0) is 39.3 Å². The average Bonchev–Trinajstić information content (AvgIpc) is 3.18. The zero-order valence-corrected chi connectivity index (χ0v) is 17.2. The second-order valence-electron chi connectivity index (χ2n) is 7.27. The highest BCUT2D eigenvalue weighted by atomic mass is 16.5. The summed E-state index contributed by atoms with van der Waals surface area (Å²) in [6.07, 6.45) is 0.957. The summed E-state index contributed by atoms with van der Waals surface area (Å²) >= 11 is 0. The first-order valence-electron chi connectivity index (χ1n) is 9.95. The number of nitrogens with zero attached hydrogens (tertiary/aromatic N) is 3. The number of hydrogen-bond acceptors (Lipinski definition) is 2. The van der Waals surface area contributed by atoms with Crippen molar-refractivity contribution >= 4 is 27.8 Å². The number of carbonyl (C=O) groups excluding carboxylic acids is 1. The summed E-state index contributed by atoms with van der Waals surface area (Å²) in [6.45, 7) is 11.3. The Hall–Kier alpha value is -2.27. The van der Waals surface area contributed by atoms with E-state index in [9.17, 15) is 4.79 Å². The molecule has 0 aliphatic rings. The molecule has 2 heterocycles. The van der Waals surface area contributed by atoms with Crippen LogP contribution in [0.2, 0.25) is 0 Å². The highest BCUT2D eigenvalue weighted by molar-refractivity contribution is 6.10. The standard InChI is InChI=1S/C22H31N3O2/c1-6-12-23(7-2)22(26)20-15-19-21(24(20)13-14-27-5)17-10-8-9-11-18(17)25(19)16(3)4/h8-11,15-16H,6-7,12-14H2,1-5H3. The van der Waals surface area contributed by atoms with Gasteiger partial charge in [-0.25, -0.2) is 0 Å². The molecule has 0 radical (unpaired) electrons. The summed E-state index contributed by atoms with van der Waals surface area (Å²) in [7, 11) is 1.70. The van der Waals surface area contributed by atoms with Crippen LogP contribution in [0.15, 0.2) is 30.3 Å². The van der Waals surface area contributed by atoms with Crippen LogP contribution in [-0.4, -0.2) is 46.7 Å². The monoisotopic (exact) mass is 369 g/mol. The van der Waals surface area contributed by atoms with Crippen LogP contribution < -0.4 is 0 Å². The number of aromatic nitrogens is 2. The molecular formula is C22H31N3O2. The van der Waals surface area contributed by atoms with Crippen LogP contribution in [0.3, 0.4) is 0 Å². The molecule has 0 unspecified atom stereocenters. The zero-order valence-electron chi connectivity index (χ0n) is 17.2. The number of fused-ring (bicyclic) bond motifs is 3. The number of carbonyl (C=O) groups is 1. The lowest BCUT2D eigenvalue weighted by Gasteiger charge is -2.21. The summed E-state index contributed by atoms with van der Waals surface area (Å²) in [6, 6.07) is 10.8. The van der Waals surface area contributed by atoms with Crippen LogP contribution in [0, 0.1) is 0 Å². The second-order valence-corrected chi connectivity index (χ2v) is 7.27. The van der Waals surface area contributed by atoms with E-state index in [1.54, 1.807) is 7.11 Å². The van der Waals surface area contributed by atoms with E-state index < -0.39 is 0 Å². The molecule has 3 rings (SSSR count). The second kappa shape index (κ2) is 8.17. The highest BCUT2D eigenvalue weighted by Gasteiger charge is 2.24. The molecule has 0 fully saturated rings. The quantitative estimate of drug-likeness (QED) is 0.577. The van der Waals surface area contributed by atoms with Gasteiger partial charge in [-0.15, -0.1) is 0 Å². The number of methoxy groups -OCH3 is 1. The summed E-state index contributed by atoms with van der Waals surface area (Å²) in [5.74, 6) is 0.103. The van der Waals surface area contributed by atoms with E-state index in [0.717, 1.165) is 36.2 Å². The minimum Gasteiger partial charge on any atom is -0.383 e. The molecule has 1 amide bonds. The summed E-state index contributed by atoms with van der Waals surface area (Å²) in [4.78, 5) is 15.2. The lowest BCUT2D eigenvalue weighted by molar-refractivity contribution is 0.0751. The molecule has 0 atom stereocenters. The number of benzene rings is 1. The van der Waals surface area contributed by atoms with Gasteiger partial charge in [0, 0.05) is 38.2 Å². The molecule has 27 heavy (non-hydrogen) atoms. The van der Waals surface area contributed by atoms with Crippen molar-refractivity contribution in [1.29, 1.82) is 0 Å². The predicted octanol–water partition coefficient (Wildman–Crippen LogP) is 4.70. The van der Waals surface area contributed by atoms with Crippen molar-refractivity contribution in [2.75, 3.05) is 26.8 Å². The SMILES string of the molecule is CCCN(CC)C(=O)c1cc2c(c3ccccc3n2C(C)C)n1CCOC. The molecule has 0 N–H and O–H groups in total. The summed E-state index contributed by atoms with van der Waals surface area (Å²) in [5.41, 5.74) is 4.22. The van der Waals surface area contributed by atoms with E-state index in [1.807, 2.05) is 11.8 Å². The maximum atomic E-state index is 13.3. The van der Waals surface area contributed by atoms with Gasteiger partial charge in [-0.2, -0.15) is 0 Å². The average molecular weight is 370 g/mol. The fraction of sp³-hybridized carbons (Fsp3) is 0.500. The Morgan fingerprint density at radius 1 is 1.19 bits per heavy atom. The lowest BCUT2D eigenvalue weighted by atomic mass is 10.2. The number of rotatable bonds is 8. The van der Waals surface area contributed by atoms with Gasteiger partial charge in [-0.1, -0.05) is 25.1 Å². The highest BCUT2D eigenvalue weighted by Crippen LogP contribution is 2.34. The van der Waals surface area contributed by atoms with Crippen LogP contribution in [0.1, 0.15) is 50.6 Å². The minimum atomic E-state index is 0.103. The van der Waals surface area contributed by atoms with E-state index in [1.165, 1.54) is 10.9 Å². The van der Waals surface area contributed by atoms with Gasteiger partial charge < -0.3 is 18.8 Å². The minimum absolute atomic E-state index is 0.103. The molecule has 3 aromatic rings. The Morgan fingerprint density at radius 3 is 2.56 bits per heavy atom. The molecule has 2 aromatic heterocycles. The van der Waals surface area contributed by atoms with Crippen LogP contribution in [0.4, 0.5) is 0 Å². The normalized spacial score (nSPS) is 11.8. The Balaban J connectivity index is 2.28. The van der Waals surface area contributed by atoms with Crippen LogP contribution in [0.5, 0.6) is 0 Å². The van der Waals surface area contributed by atoms with Crippen molar-refractivity contribution in [2.24, 2.45) is 0 Å². The van der Waals surface area contributed by atoms with Gasteiger partial charge in [0.25, 0.3) is 5.91 Å². The molecular weight excluding hydrogens is 338 g/mol. The van der Waals surface area contributed by atoms with Gasteiger partial charge in [0.05, 0.1) is 23.2 Å². The van der Waals surface area contributed by atoms with Crippen LogP contribution >= 0.6 is 0 Å². The first-order chi connectivity index (χ1) is 13.0. The maximum absolute atomic E-state index is 13.3. The van der Waals surface area contributed by atoms with Crippen LogP contribution in [-0.2, 0) is 11.3 Å². The third-order valence-corrected chi connectivity index (χ3v) is 5.17. The topological polar surface area (TPSA) is 39.4 Å². The third-order valence-electron chi connectivity index (χ3n) is 5.17. The fourth-order valence-electron chi connectivity index (χ4n) is 4.00. The molecule has 1 aromatic carbocycles. The Labute approximate surface area is 161 Å². The van der Waals surface area contributed by atoms with Gasteiger partial charge in [-0.3, -0.25) is 4.79 Å². The number of hydrogen-bond donors (Lipinski definition) is 0. The smallest absolute Gasteiger partial charge is 0.270 e. The Bertz CT molecular complexity index is 936. The maximum Gasteiger partial charge on any atom is 0.270 e. The van der Waals surface area contributed by atoms with E-state index in [4.69, 9.17) is 4.74 Å². The lowest BCUT2D eigenvalue weighted by Crippen LogP contribution is -2.33. The predicted molar refractivity (Wildman–Crippen MR) is 112 cm³/mol. The van der Waals surface area contributed by atoms with Crippen molar-refractivity contribution in [3.05, 3.63) is 36.0 Å². The number of amides is 1. The Kier molecular flexibility index (Phi) is 5.90. The van der Waals surface area contributed by atoms with Crippen molar-refractivity contribution in [3.63, 3.8) is 0 Å². The number of para-hydroxylation sites is 1. The van der Waals surface area contributed by atoms with Gasteiger partial charge in [0.1, 0.15) is 5.69 Å². The third kappa shape index (κ3) is 3.36. The number of ether oxygens (including phenoxy) is 1. The Morgan fingerprint density at radius 2 is 1.93 bits per heavy atom. The fourth-order valence-corrected chi connectivity index (χ4v) is 4.00. The molecule has 0 spiro atoms. The van der Waals surface area contributed by atoms with Gasteiger partial charge in [0.15, 0.2) is 0 Å². The summed E-state index contributed by atoms with van der Waals surface area (Å²) < 4.78 is 9.83. The van der Waals surface area contributed by atoms with Crippen molar-refractivity contribution in [1.82, 2.24) is 14.0 Å². The first-order valence-corrected chi connectivity index (χ1v) is 9.95. The van der Waals surface area contributed by atoms with Crippen molar-refractivity contribution in [3.8, 4) is 0 Å². The zero-order chi connectivity index (χ0) is 19.6. The molecule has 146 valence electrons. The van der Waals surface area contributed by atoms with E-state index >= 15 is 0 Å². The molecule has 0 aliphatic carbocycles. The molecule has 0 saturated carbocycles. The van der Waals surface area contributed by atoms with Gasteiger partial charge >= 0.3 is 0 Å². The molecule has 5 nitrogen and oxygen atoms in total. The molecule has 5 heteroatoms. The van der Waals surface area contributed by atoms with Gasteiger partial charge in [0.2, 0.25) is 0 Å². The van der Waals surface area contributed by atoms with E-state index in [-0.39, 0.29) is 5.91 Å². The van der Waals surface area contributed by atoms with E-state index in [0.29, 0.717) is 19.2 Å². The van der Waals surface area contributed by atoms with Crippen molar-refractivity contribution < 1.29 is 9.53 Å². The largest absolute Gasteiger partial charge is 0.383 e. The van der Waals surface area contributed by atoms with Crippen molar-refractivity contribution in [2.45, 2.75) is 46.7 Å². The molecule has 0 aliphatic heterocycles. The summed E-state index contributed by atoms with van der Waals surface area (Å²) in [5, 5.41) is 1.19. The van der Waals surface area contributed by atoms with Crippen LogP contribution in [0.25, 0.3) is 21.9 Å². The molecule has 0 bridgehead atoms. The molecule has 0 saturated heterocycles. The van der Waals surface area contributed by atoms with E-state index in [2.05, 4.69) is 60.2 Å². The first kappa shape index (κ1) is 19.5.